The number of hydrogen-bond donors (Lipinski definition) is 3. The van der Waals surface area contributed by atoms with Gasteiger partial charge in [-0.15, -0.1) is 0 Å². The largest absolute Gasteiger partial charge is 0.396 e. The first-order valence-corrected chi connectivity index (χ1v) is 6.98. The molecular formula is C15H23FN2O2. The van der Waals surface area contributed by atoms with E-state index in [9.17, 15) is 9.18 Å². The summed E-state index contributed by atoms with van der Waals surface area (Å²) in [5, 5.41) is 12.2. The van der Waals surface area contributed by atoms with Crippen molar-refractivity contribution >= 4 is 5.91 Å². The normalized spacial score (nSPS) is 12.3. The molecule has 112 valence electrons. The lowest BCUT2D eigenvalue weighted by molar-refractivity contribution is 0.1000. The molecule has 0 radical (unpaired) electrons. The van der Waals surface area contributed by atoms with E-state index in [-0.39, 0.29) is 12.2 Å². The molecule has 1 unspecified atom stereocenters. The fourth-order valence-electron chi connectivity index (χ4n) is 2.19. The Morgan fingerprint density at radius 2 is 2.20 bits per heavy atom. The molecule has 0 heterocycles. The number of aliphatic hydroxyl groups excluding tert-OH is 1. The minimum atomic E-state index is -0.630. The quantitative estimate of drug-likeness (QED) is 0.646. The molecule has 0 fully saturated rings. The van der Waals surface area contributed by atoms with Gasteiger partial charge in [-0.25, -0.2) is 4.39 Å². The van der Waals surface area contributed by atoms with Gasteiger partial charge in [-0.05, 0) is 37.4 Å². The number of halogens is 1. The summed E-state index contributed by atoms with van der Waals surface area (Å²) in [6.45, 7) is 3.42. The summed E-state index contributed by atoms with van der Waals surface area (Å²) in [6.07, 6.45) is 2.86. The molecule has 1 aromatic rings. The highest BCUT2D eigenvalue weighted by molar-refractivity contribution is 5.92. The summed E-state index contributed by atoms with van der Waals surface area (Å²) >= 11 is 0. The van der Waals surface area contributed by atoms with Gasteiger partial charge in [-0.1, -0.05) is 19.4 Å². The lowest BCUT2D eigenvalue weighted by Gasteiger charge is -2.16. The van der Waals surface area contributed by atoms with Crippen molar-refractivity contribution in [2.24, 2.45) is 11.7 Å². The maximum absolute atomic E-state index is 13.7. The highest BCUT2D eigenvalue weighted by Crippen LogP contribution is 2.12. The van der Waals surface area contributed by atoms with Gasteiger partial charge < -0.3 is 16.2 Å². The topological polar surface area (TPSA) is 75.3 Å². The Hall–Kier alpha value is -1.46. The second-order valence-corrected chi connectivity index (χ2v) is 4.97. The fraction of sp³-hybridized carbons (Fsp3) is 0.533. The Morgan fingerprint density at radius 3 is 2.75 bits per heavy atom. The van der Waals surface area contributed by atoms with Crippen molar-refractivity contribution in [2.75, 3.05) is 13.2 Å². The van der Waals surface area contributed by atoms with Gasteiger partial charge >= 0.3 is 0 Å². The Morgan fingerprint density at radius 1 is 1.45 bits per heavy atom. The molecule has 0 aliphatic rings. The maximum atomic E-state index is 13.7. The molecule has 0 saturated carbocycles. The summed E-state index contributed by atoms with van der Waals surface area (Å²) in [6, 6.07) is 4.26. The van der Waals surface area contributed by atoms with Crippen LogP contribution in [0.3, 0.4) is 0 Å². The Kier molecular flexibility index (Phi) is 7.18. The van der Waals surface area contributed by atoms with Crippen molar-refractivity contribution in [3.8, 4) is 0 Å². The number of amides is 1. The maximum Gasteiger partial charge on any atom is 0.248 e. The Balaban J connectivity index is 2.50. The van der Waals surface area contributed by atoms with Crippen LogP contribution in [-0.2, 0) is 6.54 Å². The Bertz CT molecular complexity index is 432. The van der Waals surface area contributed by atoms with Crippen LogP contribution >= 0.6 is 0 Å². The van der Waals surface area contributed by atoms with Crippen LogP contribution in [0.15, 0.2) is 18.2 Å². The van der Waals surface area contributed by atoms with Crippen LogP contribution in [0.4, 0.5) is 4.39 Å². The molecule has 0 aliphatic heterocycles. The van der Waals surface area contributed by atoms with Crippen molar-refractivity contribution in [3.05, 3.63) is 35.1 Å². The molecule has 1 aromatic carbocycles. The van der Waals surface area contributed by atoms with Crippen LogP contribution < -0.4 is 11.1 Å². The Labute approximate surface area is 119 Å². The summed E-state index contributed by atoms with van der Waals surface area (Å²) < 4.78 is 13.7. The van der Waals surface area contributed by atoms with E-state index < -0.39 is 11.7 Å². The monoisotopic (exact) mass is 282 g/mol. The number of aliphatic hydroxyl groups is 1. The summed E-state index contributed by atoms with van der Waals surface area (Å²) in [7, 11) is 0. The third kappa shape index (κ3) is 5.27. The highest BCUT2D eigenvalue weighted by Gasteiger charge is 2.09. The van der Waals surface area contributed by atoms with E-state index in [4.69, 9.17) is 10.8 Å². The van der Waals surface area contributed by atoms with Gasteiger partial charge in [0.15, 0.2) is 0 Å². The second kappa shape index (κ2) is 8.66. The highest BCUT2D eigenvalue weighted by atomic mass is 19.1. The number of benzene rings is 1. The van der Waals surface area contributed by atoms with E-state index >= 15 is 0 Å². The number of carbonyl (C=O) groups excluding carboxylic acids is 1. The van der Waals surface area contributed by atoms with Crippen molar-refractivity contribution in [1.82, 2.24) is 5.32 Å². The molecule has 1 rings (SSSR count). The number of nitrogens with two attached hydrogens (primary N) is 1. The van der Waals surface area contributed by atoms with Crippen molar-refractivity contribution in [1.29, 1.82) is 0 Å². The number of carbonyl (C=O) groups is 1. The van der Waals surface area contributed by atoms with Gasteiger partial charge in [-0.2, -0.15) is 0 Å². The lowest BCUT2D eigenvalue weighted by Crippen LogP contribution is -2.24. The molecule has 4 N–H and O–H groups in total. The van der Waals surface area contributed by atoms with Crippen LogP contribution in [0.2, 0.25) is 0 Å². The van der Waals surface area contributed by atoms with Crippen molar-refractivity contribution in [3.63, 3.8) is 0 Å². The number of hydrogen-bond acceptors (Lipinski definition) is 3. The second-order valence-electron chi connectivity index (χ2n) is 4.97. The molecule has 0 aliphatic carbocycles. The molecule has 1 atom stereocenters. The van der Waals surface area contributed by atoms with Gasteiger partial charge in [0, 0.05) is 24.3 Å². The lowest BCUT2D eigenvalue weighted by atomic mass is 10.00. The first kappa shape index (κ1) is 16.6. The predicted molar refractivity (Wildman–Crippen MR) is 76.7 cm³/mol. The molecule has 0 saturated heterocycles. The molecule has 1 amide bonds. The van der Waals surface area contributed by atoms with E-state index in [1.165, 1.54) is 6.07 Å². The van der Waals surface area contributed by atoms with E-state index in [0.717, 1.165) is 31.9 Å². The zero-order valence-corrected chi connectivity index (χ0v) is 11.9. The number of rotatable bonds is 9. The van der Waals surface area contributed by atoms with Crippen molar-refractivity contribution < 1.29 is 14.3 Å². The smallest absolute Gasteiger partial charge is 0.248 e. The molecule has 4 nitrogen and oxygen atoms in total. The minimum Gasteiger partial charge on any atom is -0.396 e. The summed E-state index contributed by atoms with van der Waals surface area (Å²) in [5.41, 5.74) is 5.78. The molecule has 20 heavy (non-hydrogen) atoms. The number of nitrogens with one attached hydrogen (secondary N) is 1. The standard InChI is InChI=1S/C15H23FN2O2/c1-2-3-11(6-7-19)9-18-10-13-5-4-12(15(17)20)8-14(13)16/h4-5,8,11,18-19H,2-3,6-7,9-10H2,1H3,(H2,17,20). The average molecular weight is 282 g/mol. The van der Waals surface area contributed by atoms with Crippen LogP contribution in [0, 0.1) is 11.7 Å². The van der Waals surface area contributed by atoms with E-state index in [0.29, 0.717) is 18.0 Å². The third-order valence-corrected chi connectivity index (χ3v) is 3.32. The molecule has 0 spiro atoms. The summed E-state index contributed by atoms with van der Waals surface area (Å²) in [5.74, 6) is -0.657. The van der Waals surface area contributed by atoms with Gasteiger partial charge in [0.2, 0.25) is 5.91 Å². The average Bonchev–Trinajstić information content (AvgIpc) is 2.40. The van der Waals surface area contributed by atoms with Gasteiger partial charge in [0.05, 0.1) is 0 Å². The zero-order valence-electron chi connectivity index (χ0n) is 11.9. The first-order chi connectivity index (χ1) is 9.58. The minimum absolute atomic E-state index is 0.175. The van der Waals surface area contributed by atoms with E-state index in [1.54, 1.807) is 6.07 Å². The van der Waals surface area contributed by atoms with Crippen LogP contribution in [0.5, 0.6) is 0 Å². The van der Waals surface area contributed by atoms with Crippen molar-refractivity contribution in [2.45, 2.75) is 32.7 Å². The first-order valence-electron chi connectivity index (χ1n) is 6.98. The van der Waals surface area contributed by atoms with Crippen LogP contribution in [0.25, 0.3) is 0 Å². The molecule has 0 bridgehead atoms. The fourth-order valence-corrected chi connectivity index (χ4v) is 2.19. The van der Waals surface area contributed by atoms with Gasteiger partial charge in [0.25, 0.3) is 0 Å². The third-order valence-electron chi connectivity index (χ3n) is 3.32. The van der Waals surface area contributed by atoms with Gasteiger partial charge in [0.1, 0.15) is 5.82 Å². The molecular weight excluding hydrogens is 259 g/mol. The predicted octanol–water partition coefficient (Wildman–Crippen LogP) is 1.81. The molecule has 0 aromatic heterocycles. The zero-order chi connectivity index (χ0) is 15.0. The number of primary amides is 1. The SMILES string of the molecule is CCCC(CCO)CNCc1ccc(C(N)=O)cc1F. The van der Waals surface area contributed by atoms with E-state index in [2.05, 4.69) is 12.2 Å². The van der Waals surface area contributed by atoms with Crippen LogP contribution in [0.1, 0.15) is 42.1 Å². The summed E-state index contributed by atoms with van der Waals surface area (Å²) in [4.78, 5) is 10.9. The molecule has 5 heteroatoms. The van der Waals surface area contributed by atoms with Crippen LogP contribution in [-0.4, -0.2) is 24.2 Å². The van der Waals surface area contributed by atoms with E-state index in [1.807, 2.05) is 0 Å². The van der Waals surface area contributed by atoms with Gasteiger partial charge in [-0.3, -0.25) is 4.79 Å².